The number of amides is 2. The Morgan fingerprint density at radius 2 is 2.04 bits per heavy atom. The minimum atomic E-state index is -3.97. The number of sulfonamides is 1. The molecule has 0 bridgehead atoms. The van der Waals surface area contributed by atoms with Crippen molar-refractivity contribution in [2.75, 3.05) is 26.7 Å². The van der Waals surface area contributed by atoms with Crippen LogP contribution in [0.4, 0.5) is 4.79 Å². The first-order chi connectivity index (χ1) is 12.4. The Kier molecular flexibility index (Phi) is 7.24. The molecule has 8 nitrogen and oxygen atoms in total. The highest BCUT2D eigenvalue weighted by Gasteiger charge is 2.36. The summed E-state index contributed by atoms with van der Waals surface area (Å²) < 4.78 is 32.2. The molecule has 26 heavy (non-hydrogen) atoms. The van der Waals surface area contributed by atoms with E-state index < -0.39 is 22.2 Å². The average molecular weight is 404 g/mol. The van der Waals surface area contributed by atoms with Crippen LogP contribution < -0.4 is 10.6 Å². The van der Waals surface area contributed by atoms with E-state index in [0.29, 0.717) is 24.4 Å². The van der Waals surface area contributed by atoms with E-state index in [1.54, 1.807) is 0 Å². The first-order valence-corrected chi connectivity index (χ1v) is 10.1. The molecule has 10 heteroatoms. The molecule has 1 aromatic rings. The second-order valence-corrected chi connectivity index (χ2v) is 8.09. The first kappa shape index (κ1) is 20.5. The van der Waals surface area contributed by atoms with Gasteiger partial charge in [0.15, 0.2) is 0 Å². The predicted octanol–water partition coefficient (Wildman–Crippen LogP) is 1.36. The Labute approximate surface area is 157 Å². The number of halogens is 1. The van der Waals surface area contributed by atoms with Gasteiger partial charge in [0.1, 0.15) is 12.6 Å². The topological polar surface area (TPSA) is 105 Å². The molecule has 1 fully saturated rings. The Balaban J connectivity index is 2.30. The van der Waals surface area contributed by atoms with Gasteiger partial charge in [0.25, 0.3) is 0 Å². The summed E-state index contributed by atoms with van der Waals surface area (Å²) in [5, 5.41) is 5.43. The van der Waals surface area contributed by atoms with E-state index in [9.17, 15) is 18.0 Å². The lowest BCUT2D eigenvalue weighted by Gasteiger charge is -2.28. The highest BCUT2D eigenvalue weighted by atomic mass is 35.5. The molecule has 1 aromatic carbocycles. The van der Waals surface area contributed by atoms with Crippen LogP contribution in [-0.2, 0) is 19.6 Å². The SMILES string of the molecule is CNC(=O)OCCN(C1CCCCNC1=O)S(=O)(=O)c1ccc(Cl)cc1. The fourth-order valence-corrected chi connectivity index (χ4v) is 4.41. The van der Waals surface area contributed by atoms with Crippen molar-refractivity contribution in [2.45, 2.75) is 30.2 Å². The van der Waals surface area contributed by atoms with Gasteiger partial charge in [0.05, 0.1) is 4.90 Å². The summed E-state index contributed by atoms with van der Waals surface area (Å²) in [6.45, 7) is 0.214. The summed E-state index contributed by atoms with van der Waals surface area (Å²) in [6, 6.07) is 4.87. The smallest absolute Gasteiger partial charge is 0.406 e. The molecule has 1 unspecified atom stereocenters. The van der Waals surface area contributed by atoms with Crippen LogP contribution in [0.25, 0.3) is 0 Å². The van der Waals surface area contributed by atoms with Gasteiger partial charge in [-0.3, -0.25) is 4.79 Å². The highest BCUT2D eigenvalue weighted by Crippen LogP contribution is 2.23. The van der Waals surface area contributed by atoms with Crippen molar-refractivity contribution in [3.63, 3.8) is 0 Å². The van der Waals surface area contributed by atoms with Crippen molar-refractivity contribution in [3.05, 3.63) is 29.3 Å². The summed E-state index contributed by atoms with van der Waals surface area (Å²) in [6.07, 6.45) is 1.23. The number of rotatable bonds is 6. The molecule has 0 aliphatic carbocycles. The zero-order valence-electron chi connectivity index (χ0n) is 14.4. The molecule has 1 aliphatic rings. The summed E-state index contributed by atoms with van der Waals surface area (Å²) in [4.78, 5) is 23.7. The molecular formula is C16H22ClN3O5S. The lowest BCUT2D eigenvalue weighted by molar-refractivity contribution is -0.124. The summed E-state index contributed by atoms with van der Waals surface area (Å²) in [7, 11) is -2.56. The normalized spacial score (nSPS) is 18.1. The highest BCUT2D eigenvalue weighted by molar-refractivity contribution is 7.89. The monoisotopic (exact) mass is 403 g/mol. The van der Waals surface area contributed by atoms with E-state index in [4.69, 9.17) is 16.3 Å². The molecule has 0 radical (unpaired) electrons. The Hall–Kier alpha value is -1.84. The maximum atomic E-state index is 13.1. The van der Waals surface area contributed by atoms with Crippen LogP contribution in [0, 0.1) is 0 Å². The number of nitrogens with one attached hydrogen (secondary N) is 2. The minimum Gasteiger partial charge on any atom is -0.448 e. The van der Waals surface area contributed by atoms with Crippen molar-refractivity contribution in [3.8, 4) is 0 Å². The molecule has 0 aromatic heterocycles. The fraction of sp³-hybridized carbons (Fsp3) is 0.500. The molecule has 2 amide bonds. The average Bonchev–Trinajstić information content (AvgIpc) is 2.83. The summed E-state index contributed by atoms with van der Waals surface area (Å²) in [5.74, 6) is -0.347. The summed E-state index contributed by atoms with van der Waals surface area (Å²) >= 11 is 5.83. The molecule has 0 saturated carbocycles. The van der Waals surface area contributed by atoms with Gasteiger partial charge in [-0.2, -0.15) is 4.31 Å². The van der Waals surface area contributed by atoms with E-state index in [1.807, 2.05) is 0 Å². The van der Waals surface area contributed by atoms with Gasteiger partial charge in [0.2, 0.25) is 15.9 Å². The molecule has 1 atom stereocenters. The third kappa shape index (κ3) is 5.09. The maximum Gasteiger partial charge on any atom is 0.406 e. The van der Waals surface area contributed by atoms with Gasteiger partial charge in [0, 0.05) is 25.2 Å². The third-order valence-corrected chi connectivity index (χ3v) is 6.20. The number of alkyl carbamates (subject to hydrolysis) is 1. The number of carbonyl (C=O) groups is 2. The second kappa shape index (κ2) is 9.20. The quantitative estimate of drug-likeness (QED) is 0.746. The Morgan fingerprint density at radius 1 is 1.35 bits per heavy atom. The van der Waals surface area contributed by atoms with E-state index in [-0.39, 0.29) is 24.0 Å². The largest absolute Gasteiger partial charge is 0.448 e. The molecule has 0 spiro atoms. The van der Waals surface area contributed by atoms with Crippen LogP contribution in [0.3, 0.4) is 0 Å². The Bertz CT molecular complexity index is 739. The molecule has 2 rings (SSSR count). The molecule has 1 heterocycles. The zero-order chi connectivity index (χ0) is 19.2. The number of ether oxygens (including phenoxy) is 1. The summed E-state index contributed by atoms with van der Waals surface area (Å²) in [5.41, 5.74) is 0. The van der Waals surface area contributed by atoms with Crippen molar-refractivity contribution in [1.82, 2.24) is 14.9 Å². The van der Waals surface area contributed by atoms with Gasteiger partial charge in [-0.1, -0.05) is 11.6 Å². The number of carbonyl (C=O) groups excluding carboxylic acids is 2. The maximum absolute atomic E-state index is 13.1. The van der Waals surface area contributed by atoms with Crippen molar-refractivity contribution in [1.29, 1.82) is 0 Å². The van der Waals surface area contributed by atoms with Crippen molar-refractivity contribution < 1.29 is 22.7 Å². The molecule has 144 valence electrons. The van der Waals surface area contributed by atoms with Crippen LogP contribution in [-0.4, -0.2) is 57.5 Å². The van der Waals surface area contributed by atoms with Crippen LogP contribution in [0.15, 0.2) is 29.2 Å². The number of hydrogen-bond donors (Lipinski definition) is 2. The van der Waals surface area contributed by atoms with Crippen LogP contribution in [0.2, 0.25) is 5.02 Å². The lowest BCUT2D eigenvalue weighted by Crippen LogP contribution is -2.50. The molecule has 1 aliphatic heterocycles. The zero-order valence-corrected chi connectivity index (χ0v) is 16.0. The number of hydrogen-bond acceptors (Lipinski definition) is 5. The van der Waals surface area contributed by atoms with Crippen molar-refractivity contribution >= 4 is 33.6 Å². The van der Waals surface area contributed by atoms with E-state index in [0.717, 1.165) is 10.7 Å². The molecule has 1 saturated heterocycles. The fourth-order valence-electron chi connectivity index (χ4n) is 2.68. The van der Waals surface area contributed by atoms with Gasteiger partial charge >= 0.3 is 6.09 Å². The molecular weight excluding hydrogens is 382 g/mol. The van der Waals surface area contributed by atoms with Gasteiger partial charge in [-0.15, -0.1) is 0 Å². The van der Waals surface area contributed by atoms with Crippen molar-refractivity contribution in [2.24, 2.45) is 0 Å². The number of nitrogens with zero attached hydrogens (tertiary/aromatic N) is 1. The van der Waals surface area contributed by atoms with Crippen LogP contribution in [0.5, 0.6) is 0 Å². The Morgan fingerprint density at radius 3 is 2.69 bits per heavy atom. The minimum absolute atomic E-state index is 0.0267. The van der Waals surface area contributed by atoms with Gasteiger partial charge in [-0.05, 0) is 43.5 Å². The lowest BCUT2D eigenvalue weighted by atomic mass is 10.1. The number of benzene rings is 1. The standard InChI is InChI=1S/C16H22ClN3O5S/c1-18-16(22)25-11-10-20(14-4-2-3-9-19-15(14)21)26(23,24)13-7-5-12(17)6-8-13/h5-8,14H,2-4,9-11H2,1H3,(H,18,22)(H,19,21). The van der Waals surface area contributed by atoms with Gasteiger partial charge < -0.3 is 15.4 Å². The van der Waals surface area contributed by atoms with E-state index >= 15 is 0 Å². The second-order valence-electron chi connectivity index (χ2n) is 5.76. The molecule has 2 N–H and O–H groups in total. The van der Waals surface area contributed by atoms with E-state index in [1.165, 1.54) is 31.3 Å². The predicted molar refractivity (Wildman–Crippen MR) is 96.4 cm³/mol. The van der Waals surface area contributed by atoms with Crippen LogP contribution >= 0.6 is 11.6 Å². The first-order valence-electron chi connectivity index (χ1n) is 8.26. The van der Waals surface area contributed by atoms with Gasteiger partial charge in [-0.25, -0.2) is 13.2 Å². The third-order valence-electron chi connectivity index (χ3n) is 4.02. The van der Waals surface area contributed by atoms with Crippen LogP contribution in [0.1, 0.15) is 19.3 Å². The van der Waals surface area contributed by atoms with E-state index in [2.05, 4.69) is 10.6 Å².